The summed E-state index contributed by atoms with van der Waals surface area (Å²) in [6, 6.07) is 0.393. The van der Waals surface area contributed by atoms with Gasteiger partial charge in [0, 0.05) is 12.3 Å². The van der Waals surface area contributed by atoms with E-state index in [0.29, 0.717) is 12.0 Å². The first-order valence-corrected chi connectivity index (χ1v) is 6.93. The summed E-state index contributed by atoms with van der Waals surface area (Å²) < 4.78 is 0. The first kappa shape index (κ1) is 12.8. The van der Waals surface area contributed by atoms with E-state index in [0.717, 1.165) is 18.7 Å². The standard InChI is InChI=1S/C11H22N2OS/c1-8(2)5-10-11(14)12-9(7-15-4)6-13(10)3/h8-10H,5-7H2,1-4H3,(H,12,14). The molecular weight excluding hydrogens is 208 g/mol. The maximum Gasteiger partial charge on any atom is 0.237 e. The zero-order valence-electron chi connectivity index (χ0n) is 10.1. The van der Waals surface area contributed by atoms with Crippen molar-refractivity contribution in [3.8, 4) is 0 Å². The molecule has 1 heterocycles. The zero-order chi connectivity index (χ0) is 11.4. The van der Waals surface area contributed by atoms with Gasteiger partial charge < -0.3 is 5.32 Å². The molecule has 1 aliphatic rings. The van der Waals surface area contributed by atoms with Crippen LogP contribution in [0.4, 0.5) is 0 Å². The lowest BCUT2D eigenvalue weighted by Crippen LogP contribution is -2.59. The molecule has 3 nitrogen and oxygen atoms in total. The molecule has 2 unspecified atom stereocenters. The lowest BCUT2D eigenvalue weighted by atomic mass is 9.99. The summed E-state index contributed by atoms with van der Waals surface area (Å²) in [6.07, 6.45) is 3.03. The number of rotatable bonds is 4. The SMILES string of the molecule is CSCC1CN(C)C(CC(C)C)C(=O)N1. The van der Waals surface area contributed by atoms with E-state index in [1.54, 1.807) is 11.8 Å². The fourth-order valence-corrected chi connectivity index (χ4v) is 2.64. The maximum absolute atomic E-state index is 11.9. The Morgan fingerprint density at radius 1 is 1.60 bits per heavy atom. The summed E-state index contributed by atoms with van der Waals surface area (Å²) in [5.74, 6) is 1.78. The fourth-order valence-electron chi connectivity index (χ4n) is 2.05. The van der Waals surface area contributed by atoms with Crippen molar-refractivity contribution in [1.29, 1.82) is 0 Å². The average molecular weight is 230 g/mol. The molecule has 2 atom stereocenters. The Kier molecular flexibility index (Phi) is 4.93. The second kappa shape index (κ2) is 5.75. The number of carbonyl (C=O) groups is 1. The van der Waals surface area contributed by atoms with Gasteiger partial charge in [0.05, 0.1) is 12.1 Å². The number of thioether (sulfide) groups is 1. The Labute approximate surface area is 97.0 Å². The second-order valence-corrected chi connectivity index (χ2v) is 5.66. The van der Waals surface area contributed by atoms with Crippen molar-refractivity contribution in [2.24, 2.45) is 5.92 Å². The molecule has 0 aromatic carbocycles. The van der Waals surface area contributed by atoms with Crippen molar-refractivity contribution in [3.05, 3.63) is 0 Å². The van der Waals surface area contributed by atoms with E-state index in [1.807, 2.05) is 0 Å². The highest BCUT2D eigenvalue weighted by atomic mass is 32.2. The lowest BCUT2D eigenvalue weighted by molar-refractivity contribution is -0.130. The van der Waals surface area contributed by atoms with Crippen LogP contribution in [0.3, 0.4) is 0 Å². The number of nitrogens with one attached hydrogen (secondary N) is 1. The van der Waals surface area contributed by atoms with Crippen LogP contribution in [0, 0.1) is 5.92 Å². The second-order valence-electron chi connectivity index (χ2n) is 4.75. The summed E-state index contributed by atoms with van der Waals surface area (Å²) in [5.41, 5.74) is 0. The average Bonchev–Trinajstić information content (AvgIpc) is 2.11. The molecule has 0 aromatic rings. The van der Waals surface area contributed by atoms with E-state index in [2.05, 4.69) is 37.4 Å². The highest BCUT2D eigenvalue weighted by Crippen LogP contribution is 2.15. The van der Waals surface area contributed by atoms with Crippen molar-refractivity contribution in [3.63, 3.8) is 0 Å². The molecule has 4 heteroatoms. The molecule has 1 N–H and O–H groups in total. The van der Waals surface area contributed by atoms with Gasteiger partial charge in [-0.1, -0.05) is 13.8 Å². The van der Waals surface area contributed by atoms with Gasteiger partial charge in [0.1, 0.15) is 0 Å². The summed E-state index contributed by atoms with van der Waals surface area (Å²) in [7, 11) is 2.05. The molecule has 0 spiro atoms. The maximum atomic E-state index is 11.9. The van der Waals surface area contributed by atoms with Crippen LogP contribution < -0.4 is 5.32 Å². The summed E-state index contributed by atoms with van der Waals surface area (Å²) in [4.78, 5) is 14.1. The predicted octanol–water partition coefficient (Wildman–Crippen LogP) is 1.19. The van der Waals surface area contributed by atoms with Crippen LogP contribution >= 0.6 is 11.8 Å². The van der Waals surface area contributed by atoms with Gasteiger partial charge in [0.15, 0.2) is 0 Å². The molecule has 0 aromatic heterocycles. The Morgan fingerprint density at radius 3 is 2.73 bits per heavy atom. The monoisotopic (exact) mass is 230 g/mol. The van der Waals surface area contributed by atoms with E-state index in [-0.39, 0.29) is 11.9 Å². The molecule has 0 saturated carbocycles. The first-order valence-electron chi connectivity index (χ1n) is 5.54. The van der Waals surface area contributed by atoms with Crippen molar-refractivity contribution in [1.82, 2.24) is 10.2 Å². The zero-order valence-corrected chi connectivity index (χ0v) is 10.9. The van der Waals surface area contributed by atoms with Crippen LogP contribution in [0.25, 0.3) is 0 Å². The predicted molar refractivity (Wildman–Crippen MR) is 66.2 cm³/mol. The Hall–Kier alpha value is -0.220. The van der Waals surface area contributed by atoms with Crippen LogP contribution in [-0.2, 0) is 4.79 Å². The van der Waals surface area contributed by atoms with Gasteiger partial charge >= 0.3 is 0 Å². The third kappa shape index (κ3) is 3.68. The number of nitrogens with zero attached hydrogens (tertiary/aromatic N) is 1. The summed E-state index contributed by atoms with van der Waals surface area (Å²) in [5, 5.41) is 3.10. The van der Waals surface area contributed by atoms with Gasteiger partial charge in [-0.3, -0.25) is 9.69 Å². The first-order chi connectivity index (χ1) is 7.04. The smallest absolute Gasteiger partial charge is 0.237 e. The number of carbonyl (C=O) groups excluding carboxylic acids is 1. The summed E-state index contributed by atoms with van der Waals surface area (Å²) in [6.45, 7) is 5.30. The Morgan fingerprint density at radius 2 is 2.27 bits per heavy atom. The van der Waals surface area contributed by atoms with Gasteiger partial charge in [-0.05, 0) is 25.6 Å². The third-order valence-electron chi connectivity index (χ3n) is 2.75. The molecule has 1 aliphatic heterocycles. The van der Waals surface area contributed by atoms with Crippen LogP contribution in [0.5, 0.6) is 0 Å². The van der Waals surface area contributed by atoms with Gasteiger partial charge in [-0.15, -0.1) is 0 Å². The van der Waals surface area contributed by atoms with Crippen LogP contribution in [-0.4, -0.2) is 48.5 Å². The molecule has 0 aliphatic carbocycles. The highest BCUT2D eigenvalue weighted by molar-refractivity contribution is 7.98. The van der Waals surface area contributed by atoms with Crippen molar-refractivity contribution >= 4 is 17.7 Å². The molecular formula is C11H22N2OS. The molecule has 88 valence electrons. The molecule has 1 amide bonds. The number of hydrogen-bond acceptors (Lipinski definition) is 3. The molecule has 0 radical (unpaired) electrons. The van der Waals surface area contributed by atoms with Gasteiger partial charge in [0.25, 0.3) is 0 Å². The van der Waals surface area contributed by atoms with E-state index in [1.165, 1.54) is 0 Å². The quantitative estimate of drug-likeness (QED) is 0.787. The summed E-state index contributed by atoms with van der Waals surface area (Å²) >= 11 is 1.79. The van der Waals surface area contributed by atoms with Crippen molar-refractivity contribution in [2.75, 3.05) is 25.6 Å². The van der Waals surface area contributed by atoms with Gasteiger partial charge in [0.2, 0.25) is 5.91 Å². The van der Waals surface area contributed by atoms with Crippen LogP contribution in [0.2, 0.25) is 0 Å². The molecule has 1 saturated heterocycles. The topological polar surface area (TPSA) is 32.3 Å². The Balaban J connectivity index is 2.52. The van der Waals surface area contributed by atoms with E-state index in [9.17, 15) is 4.79 Å². The number of piperazine rings is 1. The van der Waals surface area contributed by atoms with Crippen molar-refractivity contribution < 1.29 is 4.79 Å². The third-order valence-corrected chi connectivity index (χ3v) is 3.49. The van der Waals surface area contributed by atoms with E-state index >= 15 is 0 Å². The number of hydrogen-bond donors (Lipinski definition) is 1. The van der Waals surface area contributed by atoms with Crippen molar-refractivity contribution in [2.45, 2.75) is 32.4 Å². The van der Waals surface area contributed by atoms with E-state index < -0.39 is 0 Å². The molecule has 15 heavy (non-hydrogen) atoms. The van der Waals surface area contributed by atoms with Gasteiger partial charge in [-0.25, -0.2) is 0 Å². The molecule has 1 rings (SSSR count). The minimum Gasteiger partial charge on any atom is -0.350 e. The minimum atomic E-state index is 0.0723. The lowest BCUT2D eigenvalue weighted by Gasteiger charge is -2.37. The van der Waals surface area contributed by atoms with Crippen LogP contribution in [0.1, 0.15) is 20.3 Å². The normalized spacial score (nSPS) is 28.2. The number of amides is 1. The highest BCUT2D eigenvalue weighted by Gasteiger charge is 2.31. The Bertz CT molecular complexity index is 221. The van der Waals surface area contributed by atoms with Gasteiger partial charge in [-0.2, -0.15) is 11.8 Å². The van der Waals surface area contributed by atoms with E-state index in [4.69, 9.17) is 0 Å². The fraction of sp³-hybridized carbons (Fsp3) is 0.909. The largest absolute Gasteiger partial charge is 0.350 e. The minimum absolute atomic E-state index is 0.0723. The molecule has 1 fully saturated rings. The number of likely N-dealkylation sites (N-methyl/N-ethyl adjacent to an activating group) is 1. The molecule has 0 bridgehead atoms. The van der Waals surface area contributed by atoms with Crippen LogP contribution in [0.15, 0.2) is 0 Å².